The number of anilines is 2. The lowest BCUT2D eigenvalue weighted by Gasteiger charge is -2.19. The highest BCUT2D eigenvalue weighted by Crippen LogP contribution is 2.17. The van der Waals surface area contributed by atoms with Gasteiger partial charge < -0.3 is 4.90 Å². The first-order valence-corrected chi connectivity index (χ1v) is 5.58. The third-order valence-corrected chi connectivity index (χ3v) is 2.69. The van der Waals surface area contributed by atoms with E-state index < -0.39 is 0 Å². The number of nitrogens with one attached hydrogen (secondary N) is 2. The van der Waals surface area contributed by atoms with Gasteiger partial charge in [0.15, 0.2) is 11.3 Å². The van der Waals surface area contributed by atoms with Crippen molar-refractivity contribution in [2.75, 3.05) is 11.9 Å². The number of rotatable bonds is 2. The SMILES string of the molecule is CC(=N)n1ccnc(N(C)c2ccccc2)c1=N. The third-order valence-electron chi connectivity index (χ3n) is 2.69. The molecule has 0 saturated carbocycles. The molecule has 1 aromatic heterocycles. The van der Waals surface area contributed by atoms with Crippen LogP contribution in [-0.2, 0) is 0 Å². The fraction of sp³-hybridized carbons (Fsp3) is 0.154. The Kier molecular flexibility index (Phi) is 3.23. The minimum Gasteiger partial charge on any atom is -0.326 e. The molecule has 0 atom stereocenters. The number of hydrogen-bond donors (Lipinski definition) is 2. The maximum Gasteiger partial charge on any atom is 0.176 e. The van der Waals surface area contributed by atoms with Gasteiger partial charge in [-0.25, -0.2) is 4.98 Å². The number of nitrogens with zero attached hydrogens (tertiary/aromatic N) is 3. The Bertz CT molecular complexity index is 615. The van der Waals surface area contributed by atoms with E-state index >= 15 is 0 Å². The summed E-state index contributed by atoms with van der Waals surface area (Å²) in [5.41, 5.74) is 1.16. The van der Waals surface area contributed by atoms with Crippen molar-refractivity contribution in [3.63, 3.8) is 0 Å². The second-order valence-electron chi connectivity index (χ2n) is 3.95. The van der Waals surface area contributed by atoms with E-state index in [4.69, 9.17) is 10.8 Å². The van der Waals surface area contributed by atoms with Crippen LogP contribution in [0.5, 0.6) is 0 Å². The maximum absolute atomic E-state index is 8.07. The Morgan fingerprint density at radius 1 is 1.28 bits per heavy atom. The molecule has 0 bridgehead atoms. The lowest BCUT2D eigenvalue weighted by molar-refractivity contribution is 0.907. The summed E-state index contributed by atoms with van der Waals surface area (Å²) >= 11 is 0. The molecule has 0 aliphatic heterocycles. The molecule has 2 N–H and O–H groups in total. The molecule has 18 heavy (non-hydrogen) atoms. The summed E-state index contributed by atoms with van der Waals surface area (Å²) in [4.78, 5) is 6.05. The molecule has 0 amide bonds. The van der Waals surface area contributed by atoms with E-state index in [1.807, 2.05) is 42.3 Å². The molecule has 0 unspecified atom stereocenters. The van der Waals surface area contributed by atoms with E-state index in [0.29, 0.717) is 11.7 Å². The molecule has 0 aliphatic carbocycles. The van der Waals surface area contributed by atoms with Crippen LogP contribution in [0.1, 0.15) is 6.92 Å². The quantitative estimate of drug-likeness (QED) is 0.623. The number of hydrogen-bond acceptors (Lipinski definition) is 4. The monoisotopic (exact) mass is 241 g/mol. The smallest absolute Gasteiger partial charge is 0.176 e. The Hall–Kier alpha value is -2.43. The fourth-order valence-electron chi connectivity index (χ4n) is 1.71. The number of aromatic nitrogens is 2. The van der Waals surface area contributed by atoms with E-state index in [1.165, 1.54) is 4.57 Å². The summed E-state index contributed by atoms with van der Waals surface area (Å²) in [6.45, 7) is 1.64. The summed E-state index contributed by atoms with van der Waals surface area (Å²) in [5.74, 6) is 0.820. The minimum atomic E-state index is 0.205. The summed E-state index contributed by atoms with van der Waals surface area (Å²) < 4.78 is 1.49. The van der Waals surface area contributed by atoms with E-state index in [-0.39, 0.29) is 5.49 Å². The summed E-state index contributed by atoms with van der Waals surface area (Å²) in [6, 6.07) is 9.73. The van der Waals surface area contributed by atoms with E-state index in [0.717, 1.165) is 5.69 Å². The van der Waals surface area contributed by atoms with Gasteiger partial charge in [0.1, 0.15) is 5.84 Å². The predicted molar refractivity (Wildman–Crippen MR) is 71.4 cm³/mol. The van der Waals surface area contributed by atoms with Crippen molar-refractivity contribution in [1.82, 2.24) is 9.55 Å². The summed E-state index contributed by atoms with van der Waals surface area (Å²) in [5, 5.41) is 15.7. The van der Waals surface area contributed by atoms with Crippen LogP contribution in [0.4, 0.5) is 11.5 Å². The zero-order valence-corrected chi connectivity index (χ0v) is 10.4. The molecular weight excluding hydrogens is 226 g/mol. The standard InChI is InChI=1S/C13H15N5/c1-10(14)18-9-8-16-13(12(18)15)17(2)11-6-4-3-5-7-11/h3-9,14-15H,1-2H3. The molecule has 1 heterocycles. The highest BCUT2D eigenvalue weighted by atomic mass is 15.2. The van der Waals surface area contributed by atoms with Crippen LogP contribution in [0.2, 0.25) is 0 Å². The van der Waals surface area contributed by atoms with Gasteiger partial charge in [-0.3, -0.25) is 15.4 Å². The second kappa shape index (κ2) is 4.83. The molecule has 1 aromatic carbocycles. The second-order valence-corrected chi connectivity index (χ2v) is 3.95. The van der Waals surface area contributed by atoms with Crippen molar-refractivity contribution in [2.24, 2.45) is 0 Å². The van der Waals surface area contributed by atoms with Crippen molar-refractivity contribution in [1.29, 1.82) is 10.8 Å². The fourth-order valence-corrected chi connectivity index (χ4v) is 1.71. The van der Waals surface area contributed by atoms with Crippen LogP contribution in [0.25, 0.3) is 0 Å². The van der Waals surface area contributed by atoms with Crippen LogP contribution in [0.3, 0.4) is 0 Å². The zero-order valence-electron chi connectivity index (χ0n) is 10.4. The maximum atomic E-state index is 8.07. The van der Waals surface area contributed by atoms with Crippen molar-refractivity contribution in [3.05, 3.63) is 48.2 Å². The molecule has 0 spiro atoms. The van der Waals surface area contributed by atoms with Crippen molar-refractivity contribution < 1.29 is 0 Å². The van der Waals surface area contributed by atoms with Gasteiger partial charge in [-0.15, -0.1) is 0 Å². The molecule has 5 heteroatoms. The number of para-hydroxylation sites is 1. The zero-order chi connectivity index (χ0) is 13.1. The van der Waals surface area contributed by atoms with Gasteiger partial charge >= 0.3 is 0 Å². The van der Waals surface area contributed by atoms with Crippen LogP contribution in [0.15, 0.2) is 42.7 Å². The van der Waals surface area contributed by atoms with Crippen LogP contribution in [-0.4, -0.2) is 22.4 Å². The Balaban J connectivity index is 2.50. The molecule has 0 fully saturated rings. The van der Waals surface area contributed by atoms with Gasteiger partial charge in [0.25, 0.3) is 0 Å². The van der Waals surface area contributed by atoms with Gasteiger partial charge in [0.2, 0.25) is 0 Å². The average molecular weight is 241 g/mol. The lowest BCUT2D eigenvalue weighted by Crippen LogP contribution is -2.30. The Morgan fingerprint density at radius 2 is 1.94 bits per heavy atom. The van der Waals surface area contributed by atoms with Crippen LogP contribution >= 0.6 is 0 Å². The third kappa shape index (κ3) is 2.15. The molecule has 92 valence electrons. The van der Waals surface area contributed by atoms with Gasteiger partial charge in [-0.2, -0.15) is 0 Å². The Morgan fingerprint density at radius 3 is 2.56 bits per heavy atom. The van der Waals surface area contributed by atoms with E-state index in [1.54, 1.807) is 19.3 Å². The molecule has 2 aromatic rings. The predicted octanol–water partition coefficient (Wildman–Crippen LogP) is 1.98. The van der Waals surface area contributed by atoms with Crippen molar-refractivity contribution in [3.8, 4) is 0 Å². The molecule has 5 nitrogen and oxygen atoms in total. The molecule has 2 rings (SSSR count). The van der Waals surface area contributed by atoms with Crippen LogP contribution in [0, 0.1) is 10.8 Å². The summed E-state index contributed by atoms with van der Waals surface area (Å²) in [6.07, 6.45) is 3.22. The molecule has 0 saturated heterocycles. The molecule has 0 aliphatic rings. The van der Waals surface area contributed by atoms with Gasteiger partial charge in [-0.05, 0) is 19.1 Å². The first-order chi connectivity index (χ1) is 8.61. The van der Waals surface area contributed by atoms with E-state index in [2.05, 4.69) is 4.98 Å². The van der Waals surface area contributed by atoms with Crippen LogP contribution < -0.4 is 10.4 Å². The van der Waals surface area contributed by atoms with Crippen molar-refractivity contribution >= 4 is 17.3 Å². The highest BCUT2D eigenvalue weighted by Gasteiger charge is 2.09. The first kappa shape index (κ1) is 12.0. The summed E-state index contributed by atoms with van der Waals surface area (Å²) in [7, 11) is 1.86. The molecule has 0 radical (unpaired) electrons. The number of benzene rings is 1. The lowest BCUT2D eigenvalue weighted by atomic mass is 10.3. The van der Waals surface area contributed by atoms with E-state index in [9.17, 15) is 0 Å². The van der Waals surface area contributed by atoms with Gasteiger partial charge in [0, 0.05) is 25.1 Å². The topological polar surface area (TPSA) is 68.8 Å². The average Bonchev–Trinajstić information content (AvgIpc) is 2.39. The van der Waals surface area contributed by atoms with Gasteiger partial charge in [-0.1, -0.05) is 18.2 Å². The molecular formula is C13H15N5. The Labute approximate surface area is 105 Å². The highest BCUT2D eigenvalue weighted by molar-refractivity contribution is 5.79. The van der Waals surface area contributed by atoms with Crippen molar-refractivity contribution in [2.45, 2.75) is 6.92 Å². The minimum absolute atomic E-state index is 0.205. The first-order valence-electron chi connectivity index (χ1n) is 5.58. The normalized spacial score (nSPS) is 10.1. The largest absolute Gasteiger partial charge is 0.326 e. The van der Waals surface area contributed by atoms with Gasteiger partial charge in [0.05, 0.1) is 0 Å².